The molecular formula is C23H25N3O2S. The van der Waals surface area contributed by atoms with Crippen LogP contribution >= 0.6 is 11.8 Å². The maximum absolute atomic E-state index is 12.9. The zero-order valence-corrected chi connectivity index (χ0v) is 17.5. The Labute approximate surface area is 175 Å². The molecule has 5 nitrogen and oxygen atoms in total. The van der Waals surface area contributed by atoms with Crippen LogP contribution in [-0.4, -0.2) is 33.7 Å². The van der Waals surface area contributed by atoms with E-state index < -0.39 is 5.25 Å². The molecule has 0 aliphatic carbocycles. The van der Waals surface area contributed by atoms with Crippen LogP contribution in [0.2, 0.25) is 0 Å². The first-order valence-electron chi connectivity index (χ1n) is 9.64. The highest BCUT2D eigenvalue weighted by atomic mass is 32.2. The van der Waals surface area contributed by atoms with Crippen LogP contribution in [0.1, 0.15) is 24.5 Å². The Morgan fingerprint density at radius 3 is 2.69 bits per heavy atom. The van der Waals surface area contributed by atoms with Gasteiger partial charge in [-0.3, -0.25) is 14.5 Å². The van der Waals surface area contributed by atoms with E-state index in [1.54, 1.807) is 11.0 Å². The second-order valence-electron chi connectivity index (χ2n) is 6.79. The van der Waals surface area contributed by atoms with Crippen LogP contribution in [0.4, 0.5) is 11.4 Å². The molecule has 2 amide bonds. The fraction of sp³-hybridized carbons (Fsp3) is 0.261. The number of carbonyl (C=O) groups excluding carboxylic acids is 2. The summed E-state index contributed by atoms with van der Waals surface area (Å²) >= 11 is 1.34. The summed E-state index contributed by atoms with van der Waals surface area (Å²) in [6.45, 7) is 8.13. The third-order valence-electron chi connectivity index (χ3n) is 4.71. The molecular weight excluding hydrogens is 382 g/mol. The van der Waals surface area contributed by atoms with E-state index in [4.69, 9.17) is 4.99 Å². The Balaban J connectivity index is 1.78. The molecule has 1 N–H and O–H groups in total. The highest BCUT2D eigenvalue weighted by Gasteiger charge is 2.38. The van der Waals surface area contributed by atoms with Gasteiger partial charge in [0.15, 0.2) is 5.17 Å². The van der Waals surface area contributed by atoms with E-state index in [0.717, 1.165) is 28.9 Å². The molecule has 150 valence electrons. The molecule has 1 aliphatic rings. The van der Waals surface area contributed by atoms with Crippen LogP contribution < -0.4 is 5.32 Å². The number of para-hydroxylation sites is 2. The molecule has 29 heavy (non-hydrogen) atoms. The number of hydrogen-bond acceptors (Lipinski definition) is 4. The van der Waals surface area contributed by atoms with Crippen LogP contribution in [0.5, 0.6) is 0 Å². The van der Waals surface area contributed by atoms with Gasteiger partial charge in [0.1, 0.15) is 5.25 Å². The van der Waals surface area contributed by atoms with E-state index >= 15 is 0 Å². The number of thioether (sulfide) groups is 1. The number of nitrogens with zero attached hydrogens (tertiary/aromatic N) is 2. The molecule has 3 rings (SSSR count). The van der Waals surface area contributed by atoms with Crippen molar-refractivity contribution in [2.75, 3.05) is 11.9 Å². The number of amidine groups is 1. The Morgan fingerprint density at radius 1 is 1.24 bits per heavy atom. The van der Waals surface area contributed by atoms with E-state index in [2.05, 4.69) is 18.8 Å². The van der Waals surface area contributed by atoms with Gasteiger partial charge >= 0.3 is 0 Å². The second kappa shape index (κ2) is 9.56. The molecule has 2 aromatic carbocycles. The third-order valence-corrected chi connectivity index (χ3v) is 5.89. The summed E-state index contributed by atoms with van der Waals surface area (Å²) in [6, 6.07) is 15.5. The molecule has 0 saturated carbocycles. The van der Waals surface area contributed by atoms with E-state index in [-0.39, 0.29) is 18.2 Å². The van der Waals surface area contributed by atoms with E-state index in [1.807, 2.05) is 55.5 Å². The average Bonchev–Trinajstić information content (AvgIpc) is 2.99. The fourth-order valence-corrected chi connectivity index (χ4v) is 4.29. The van der Waals surface area contributed by atoms with Crippen molar-refractivity contribution in [3.63, 3.8) is 0 Å². The smallest absolute Gasteiger partial charge is 0.242 e. The minimum atomic E-state index is -0.494. The first-order chi connectivity index (χ1) is 14.0. The molecule has 0 aromatic heterocycles. The SMILES string of the molecule is C=CCN1C(=O)[C@@H](CC(=O)Nc2ccccc2C)SC1=Nc1ccccc1CC. The van der Waals surface area contributed by atoms with Gasteiger partial charge in [-0.2, -0.15) is 0 Å². The van der Waals surface area contributed by atoms with Crippen LogP contribution in [0.15, 0.2) is 66.2 Å². The Hall–Kier alpha value is -2.86. The molecule has 6 heteroatoms. The lowest BCUT2D eigenvalue weighted by Gasteiger charge is -2.14. The van der Waals surface area contributed by atoms with E-state index in [9.17, 15) is 9.59 Å². The van der Waals surface area contributed by atoms with Crippen molar-refractivity contribution in [3.05, 3.63) is 72.3 Å². The van der Waals surface area contributed by atoms with Crippen molar-refractivity contribution in [2.45, 2.75) is 31.9 Å². The normalized spacial score (nSPS) is 17.6. The predicted molar refractivity (Wildman–Crippen MR) is 121 cm³/mol. The van der Waals surface area contributed by atoms with Gasteiger partial charge < -0.3 is 5.32 Å². The van der Waals surface area contributed by atoms with Crippen molar-refractivity contribution < 1.29 is 9.59 Å². The van der Waals surface area contributed by atoms with E-state index in [1.165, 1.54) is 11.8 Å². The number of rotatable bonds is 7. The van der Waals surface area contributed by atoms with Crippen molar-refractivity contribution in [3.8, 4) is 0 Å². The monoisotopic (exact) mass is 407 g/mol. The van der Waals surface area contributed by atoms with E-state index in [0.29, 0.717) is 11.7 Å². The zero-order chi connectivity index (χ0) is 20.8. The van der Waals surface area contributed by atoms with Crippen LogP contribution in [0.25, 0.3) is 0 Å². The number of carbonyl (C=O) groups is 2. The molecule has 2 aromatic rings. The van der Waals surface area contributed by atoms with Crippen molar-refractivity contribution in [1.82, 2.24) is 4.90 Å². The highest BCUT2D eigenvalue weighted by molar-refractivity contribution is 8.15. The molecule has 1 atom stereocenters. The number of anilines is 1. The largest absolute Gasteiger partial charge is 0.326 e. The quantitative estimate of drug-likeness (QED) is 0.677. The lowest BCUT2D eigenvalue weighted by molar-refractivity contribution is -0.127. The molecule has 1 saturated heterocycles. The zero-order valence-electron chi connectivity index (χ0n) is 16.7. The predicted octanol–water partition coefficient (Wildman–Crippen LogP) is 4.70. The lowest BCUT2D eigenvalue weighted by Crippen LogP contribution is -2.33. The van der Waals surface area contributed by atoms with Gasteiger partial charge in [-0.1, -0.05) is 61.2 Å². The van der Waals surface area contributed by atoms with Gasteiger partial charge in [0.05, 0.1) is 5.69 Å². The molecule has 0 bridgehead atoms. The topological polar surface area (TPSA) is 61.8 Å². The third kappa shape index (κ3) is 4.95. The van der Waals surface area contributed by atoms with Gasteiger partial charge in [0.25, 0.3) is 0 Å². The molecule has 1 aliphatic heterocycles. The number of benzene rings is 2. The van der Waals surface area contributed by atoms with Gasteiger partial charge in [-0.15, -0.1) is 6.58 Å². The number of aliphatic imine (C=N–C) groups is 1. The minimum absolute atomic E-state index is 0.0971. The minimum Gasteiger partial charge on any atom is -0.326 e. The van der Waals surface area contributed by atoms with Crippen molar-refractivity contribution >= 4 is 40.1 Å². The van der Waals surface area contributed by atoms with Crippen molar-refractivity contribution in [2.24, 2.45) is 4.99 Å². The number of amides is 2. The first-order valence-corrected chi connectivity index (χ1v) is 10.5. The summed E-state index contributed by atoms with van der Waals surface area (Å²) in [6.07, 6.45) is 2.63. The summed E-state index contributed by atoms with van der Waals surface area (Å²) in [4.78, 5) is 31.8. The molecule has 1 fully saturated rings. The van der Waals surface area contributed by atoms with Crippen molar-refractivity contribution in [1.29, 1.82) is 0 Å². The highest BCUT2D eigenvalue weighted by Crippen LogP contribution is 2.33. The van der Waals surface area contributed by atoms with Gasteiger partial charge in [0.2, 0.25) is 11.8 Å². The summed E-state index contributed by atoms with van der Waals surface area (Å²) in [5.74, 6) is -0.290. The molecule has 0 radical (unpaired) electrons. The van der Waals surface area contributed by atoms with Crippen LogP contribution in [-0.2, 0) is 16.0 Å². The molecule has 1 heterocycles. The van der Waals surface area contributed by atoms with Gasteiger partial charge in [-0.05, 0) is 36.6 Å². The summed E-state index contributed by atoms with van der Waals surface area (Å²) in [7, 11) is 0. The van der Waals surface area contributed by atoms with Crippen LogP contribution in [0, 0.1) is 6.92 Å². The van der Waals surface area contributed by atoms with Gasteiger partial charge in [0, 0.05) is 18.7 Å². The summed E-state index contributed by atoms with van der Waals surface area (Å²) in [5, 5.41) is 3.03. The standard InChI is InChI=1S/C23H25N3O2S/c1-4-14-26-22(28)20(15-21(27)24-18-12-8-6-10-16(18)3)29-23(26)25-19-13-9-7-11-17(19)5-2/h4,6-13,20H,1,5,14-15H2,2-3H3,(H,24,27)/t20-/m1/s1. The Bertz CT molecular complexity index is 955. The van der Waals surface area contributed by atoms with Gasteiger partial charge in [-0.25, -0.2) is 4.99 Å². The Morgan fingerprint density at radius 2 is 1.97 bits per heavy atom. The summed E-state index contributed by atoms with van der Waals surface area (Å²) < 4.78 is 0. The van der Waals surface area contributed by atoms with Crippen LogP contribution in [0.3, 0.4) is 0 Å². The first kappa shape index (κ1) is 20.9. The second-order valence-corrected chi connectivity index (χ2v) is 7.96. The molecule has 0 unspecified atom stereocenters. The number of aryl methyl sites for hydroxylation is 2. The average molecular weight is 408 g/mol. The lowest BCUT2D eigenvalue weighted by atomic mass is 10.1. The maximum atomic E-state index is 12.9. The number of hydrogen-bond donors (Lipinski definition) is 1. The maximum Gasteiger partial charge on any atom is 0.242 e. The number of nitrogens with one attached hydrogen (secondary N) is 1. The Kier molecular flexibility index (Phi) is 6.88. The molecule has 0 spiro atoms. The fourth-order valence-electron chi connectivity index (χ4n) is 3.13. The summed E-state index contributed by atoms with van der Waals surface area (Å²) in [5.41, 5.74) is 3.72.